The van der Waals surface area contributed by atoms with Crippen molar-refractivity contribution >= 4 is 5.91 Å². The van der Waals surface area contributed by atoms with Gasteiger partial charge in [0.15, 0.2) is 6.29 Å². The minimum absolute atomic E-state index is 0.00649. The number of fused-ring (bicyclic) bond motifs is 2. The topological polar surface area (TPSA) is 85.0 Å². The predicted molar refractivity (Wildman–Crippen MR) is 157 cm³/mol. The molecular weight excluding hydrogens is 500 g/mol. The second-order valence-corrected chi connectivity index (χ2v) is 16.1. The van der Waals surface area contributed by atoms with Gasteiger partial charge in [0.05, 0.1) is 25.4 Å². The molecule has 1 saturated heterocycles. The SMILES string of the molecule is CC(C)C(=O)N1CCOC(O[C@H]2CCC34C(CC[C@H]5C6C[C@@H](O)C(CCCCN)[C@@]6(C)CC[C@]53[C@@H]4C)C2(C)C)C1. The first-order valence-corrected chi connectivity index (χ1v) is 16.9. The van der Waals surface area contributed by atoms with Crippen LogP contribution in [0.15, 0.2) is 0 Å². The highest BCUT2D eigenvalue weighted by Crippen LogP contribution is 2.89. The molecule has 0 aromatic carbocycles. The second kappa shape index (κ2) is 10.2. The summed E-state index contributed by atoms with van der Waals surface area (Å²) in [6.07, 6.45) is 11.7. The zero-order chi connectivity index (χ0) is 28.7. The van der Waals surface area contributed by atoms with Gasteiger partial charge in [-0.2, -0.15) is 0 Å². The Morgan fingerprint density at radius 2 is 1.85 bits per heavy atom. The molecule has 6 nitrogen and oxygen atoms in total. The van der Waals surface area contributed by atoms with Gasteiger partial charge in [-0.05, 0) is 116 Å². The third-order valence-electron chi connectivity index (χ3n) is 14.3. The summed E-state index contributed by atoms with van der Waals surface area (Å²) in [7, 11) is 0. The number of carbonyl (C=O) groups excluding carboxylic acids is 1. The molecule has 0 aromatic heterocycles. The van der Waals surface area contributed by atoms with Crippen LogP contribution in [0.4, 0.5) is 0 Å². The largest absolute Gasteiger partial charge is 0.393 e. The van der Waals surface area contributed by atoms with E-state index in [4.69, 9.17) is 15.2 Å². The van der Waals surface area contributed by atoms with Crippen LogP contribution in [0.1, 0.15) is 106 Å². The monoisotopic (exact) mass is 558 g/mol. The highest BCUT2D eigenvalue weighted by molar-refractivity contribution is 5.78. The molecule has 228 valence electrons. The fourth-order valence-corrected chi connectivity index (χ4v) is 12.5. The Kier molecular flexibility index (Phi) is 7.49. The molecule has 1 aliphatic heterocycles. The number of carbonyl (C=O) groups is 1. The van der Waals surface area contributed by atoms with Gasteiger partial charge in [0.25, 0.3) is 0 Å². The van der Waals surface area contributed by atoms with E-state index in [2.05, 4.69) is 27.7 Å². The molecule has 5 unspecified atom stereocenters. The summed E-state index contributed by atoms with van der Waals surface area (Å²) >= 11 is 0. The van der Waals surface area contributed by atoms with Crippen LogP contribution in [-0.4, -0.2) is 60.7 Å². The van der Waals surface area contributed by atoms with Gasteiger partial charge in [-0.1, -0.05) is 48.0 Å². The third kappa shape index (κ3) is 3.97. The molecule has 1 heterocycles. The number of amides is 1. The van der Waals surface area contributed by atoms with E-state index < -0.39 is 0 Å². The highest BCUT2D eigenvalue weighted by Gasteiger charge is 2.84. The summed E-state index contributed by atoms with van der Waals surface area (Å²) in [5.41, 5.74) is 7.06. The Morgan fingerprint density at radius 3 is 2.58 bits per heavy atom. The first kappa shape index (κ1) is 29.4. The lowest BCUT2D eigenvalue weighted by atomic mass is 9.46. The summed E-state index contributed by atoms with van der Waals surface area (Å²) < 4.78 is 12.9. The maximum Gasteiger partial charge on any atom is 0.225 e. The first-order chi connectivity index (χ1) is 18.9. The number of ether oxygens (including phenoxy) is 2. The number of aliphatic hydroxyl groups is 1. The van der Waals surface area contributed by atoms with E-state index >= 15 is 0 Å². The van der Waals surface area contributed by atoms with Crippen molar-refractivity contribution < 1.29 is 19.4 Å². The van der Waals surface area contributed by atoms with Crippen LogP contribution < -0.4 is 5.73 Å². The average Bonchev–Trinajstić information content (AvgIpc) is 3.34. The maximum atomic E-state index is 12.7. The molecule has 6 fully saturated rings. The van der Waals surface area contributed by atoms with Crippen LogP contribution in [0, 0.1) is 57.2 Å². The van der Waals surface area contributed by atoms with Crippen molar-refractivity contribution in [2.24, 2.45) is 62.9 Å². The molecule has 6 rings (SSSR count). The summed E-state index contributed by atoms with van der Waals surface area (Å²) in [5.74, 6) is 3.51. The smallest absolute Gasteiger partial charge is 0.225 e. The summed E-state index contributed by atoms with van der Waals surface area (Å²) in [6, 6.07) is 0. The van der Waals surface area contributed by atoms with Crippen LogP contribution in [0.5, 0.6) is 0 Å². The molecule has 2 spiro atoms. The van der Waals surface area contributed by atoms with Crippen molar-refractivity contribution in [3.63, 3.8) is 0 Å². The fourth-order valence-electron chi connectivity index (χ4n) is 12.5. The maximum absolute atomic E-state index is 12.7. The van der Waals surface area contributed by atoms with Gasteiger partial charge in [-0.3, -0.25) is 4.79 Å². The number of unbranched alkanes of at least 4 members (excludes halogenated alkanes) is 1. The van der Waals surface area contributed by atoms with Crippen molar-refractivity contribution in [1.82, 2.24) is 4.90 Å². The Hall–Kier alpha value is -0.690. The molecule has 40 heavy (non-hydrogen) atoms. The van der Waals surface area contributed by atoms with Gasteiger partial charge in [0.2, 0.25) is 5.91 Å². The zero-order valence-electron chi connectivity index (χ0n) is 26.3. The van der Waals surface area contributed by atoms with Gasteiger partial charge in [-0.25, -0.2) is 0 Å². The van der Waals surface area contributed by atoms with Crippen LogP contribution in [0.3, 0.4) is 0 Å². The molecule has 3 N–H and O–H groups in total. The summed E-state index contributed by atoms with van der Waals surface area (Å²) in [6.45, 7) is 16.6. The van der Waals surface area contributed by atoms with E-state index in [1.54, 1.807) is 0 Å². The fraction of sp³-hybridized carbons (Fsp3) is 0.971. The average molecular weight is 559 g/mol. The van der Waals surface area contributed by atoms with Gasteiger partial charge in [0, 0.05) is 12.5 Å². The Labute approximate surface area is 243 Å². The number of morpholine rings is 1. The van der Waals surface area contributed by atoms with E-state index in [1.165, 1.54) is 32.1 Å². The normalized spacial score (nSPS) is 49.2. The Morgan fingerprint density at radius 1 is 1.07 bits per heavy atom. The molecule has 0 bridgehead atoms. The number of nitrogens with zero attached hydrogens (tertiary/aromatic N) is 1. The molecular formula is C34H58N2O4. The minimum Gasteiger partial charge on any atom is -0.393 e. The van der Waals surface area contributed by atoms with E-state index in [0.29, 0.717) is 48.3 Å². The van der Waals surface area contributed by atoms with Crippen molar-refractivity contribution in [3.8, 4) is 0 Å². The van der Waals surface area contributed by atoms with Crippen molar-refractivity contribution in [2.45, 2.75) is 124 Å². The molecule has 6 aliphatic rings. The van der Waals surface area contributed by atoms with Gasteiger partial charge >= 0.3 is 0 Å². The van der Waals surface area contributed by atoms with Crippen molar-refractivity contribution in [2.75, 3.05) is 26.2 Å². The standard InChI is InChI=1S/C34H58N2O4/c1-21(2)30(38)36-17-18-39-29(20-36)40-28-12-13-34-22(3)33(34)15-14-32(6)24(9-7-8-16-35)26(37)19-25(32)23(33)10-11-27(34)31(28,4)5/h21-29,37H,7-20,35H2,1-6H3/t22-,23-,24?,25?,26+,27?,28-,29?,32+,33-,34?/m0/s1. The first-order valence-electron chi connectivity index (χ1n) is 16.9. The number of hydrogen-bond donors (Lipinski definition) is 2. The number of aliphatic hydroxyl groups excluding tert-OH is 1. The van der Waals surface area contributed by atoms with Crippen LogP contribution in [0.25, 0.3) is 0 Å². The lowest BCUT2D eigenvalue weighted by molar-refractivity contribution is -0.245. The Bertz CT molecular complexity index is 970. The van der Waals surface area contributed by atoms with Crippen molar-refractivity contribution in [1.29, 1.82) is 0 Å². The van der Waals surface area contributed by atoms with Gasteiger partial charge in [0.1, 0.15) is 0 Å². The quantitative estimate of drug-likeness (QED) is 0.397. The number of hydrogen-bond acceptors (Lipinski definition) is 5. The van der Waals surface area contributed by atoms with Gasteiger partial charge in [-0.15, -0.1) is 0 Å². The van der Waals surface area contributed by atoms with Crippen LogP contribution in [-0.2, 0) is 14.3 Å². The minimum atomic E-state index is -0.316. The van der Waals surface area contributed by atoms with E-state index in [0.717, 1.165) is 50.5 Å². The summed E-state index contributed by atoms with van der Waals surface area (Å²) in [5, 5.41) is 11.3. The lowest BCUT2D eigenvalue weighted by Gasteiger charge is -2.59. The molecule has 6 heteroatoms. The molecule has 5 saturated carbocycles. The lowest BCUT2D eigenvalue weighted by Crippen LogP contribution is -2.56. The van der Waals surface area contributed by atoms with Gasteiger partial charge < -0.3 is 25.2 Å². The molecule has 0 aromatic rings. The van der Waals surface area contributed by atoms with Crippen LogP contribution in [0.2, 0.25) is 0 Å². The van der Waals surface area contributed by atoms with Crippen molar-refractivity contribution in [3.05, 3.63) is 0 Å². The summed E-state index contributed by atoms with van der Waals surface area (Å²) in [4.78, 5) is 14.6. The molecule has 1 amide bonds. The second-order valence-electron chi connectivity index (χ2n) is 16.1. The number of nitrogens with two attached hydrogens (primary N) is 1. The molecule has 11 atom stereocenters. The van der Waals surface area contributed by atoms with Crippen LogP contribution >= 0.6 is 0 Å². The van der Waals surface area contributed by atoms with E-state index in [9.17, 15) is 9.90 Å². The third-order valence-corrected chi connectivity index (χ3v) is 14.3. The van der Waals surface area contributed by atoms with E-state index in [1.807, 2.05) is 18.7 Å². The van der Waals surface area contributed by atoms with E-state index in [-0.39, 0.29) is 41.2 Å². The molecule has 0 radical (unpaired) electrons. The number of rotatable bonds is 7. The highest BCUT2D eigenvalue weighted by atomic mass is 16.7. The Balaban J connectivity index is 1.18. The molecule has 5 aliphatic carbocycles. The predicted octanol–water partition coefficient (Wildman–Crippen LogP) is 5.61. The zero-order valence-corrected chi connectivity index (χ0v) is 26.3.